The Bertz CT molecular complexity index is 1070. The van der Waals surface area contributed by atoms with Crippen LogP contribution in [0, 0.1) is 0 Å². The van der Waals surface area contributed by atoms with Gasteiger partial charge in [-0.25, -0.2) is 0 Å². The predicted molar refractivity (Wildman–Crippen MR) is 160 cm³/mol. The molecule has 2 fully saturated rings. The monoisotopic (exact) mass is 519 g/mol. The van der Waals surface area contributed by atoms with Gasteiger partial charge in [-0.15, -0.1) is 0 Å². The van der Waals surface area contributed by atoms with Crippen LogP contribution in [-0.4, -0.2) is 85.7 Å². The van der Waals surface area contributed by atoms with E-state index in [1.54, 1.807) is 7.11 Å². The van der Waals surface area contributed by atoms with E-state index in [-0.39, 0.29) is 0 Å². The quantitative estimate of drug-likeness (QED) is 0.389. The topological polar surface area (TPSA) is 60.8 Å². The minimum atomic E-state index is 0.814. The molecule has 0 bridgehead atoms. The van der Waals surface area contributed by atoms with E-state index in [0.717, 1.165) is 50.8 Å². The minimum absolute atomic E-state index is 0.814. The van der Waals surface area contributed by atoms with Gasteiger partial charge in [0.1, 0.15) is 5.75 Å². The number of methoxy groups -OCH3 is 1. The summed E-state index contributed by atoms with van der Waals surface area (Å²) < 4.78 is 5.43. The molecule has 6 nitrogen and oxygen atoms in total. The van der Waals surface area contributed by atoms with E-state index in [2.05, 4.69) is 69.3 Å². The Morgan fingerprint density at radius 1 is 0.947 bits per heavy atom. The number of ether oxygens (including phenoxy) is 1. The van der Waals surface area contributed by atoms with Gasteiger partial charge < -0.3 is 30.2 Å². The van der Waals surface area contributed by atoms with Crippen molar-refractivity contribution in [3.8, 4) is 5.75 Å². The van der Waals surface area contributed by atoms with Crippen LogP contribution in [0.15, 0.2) is 54.7 Å². The highest BCUT2D eigenvalue weighted by molar-refractivity contribution is 5.82. The minimum Gasteiger partial charge on any atom is -0.496 e. The van der Waals surface area contributed by atoms with Crippen LogP contribution < -0.4 is 10.5 Å². The average molecular weight is 520 g/mol. The SMILES string of the molecule is COc1ccccc1CN(C)CCCc1c[nH]c2ccccc12.NCCN1CCC(N2CCCCC2)CC1. The molecule has 0 unspecified atom stereocenters. The van der Waals surface area contributed by atoms with Gasteiger partial charge in [0.15, 0.2) is 0 Å². The average Bonchev–Trinajstić information content (AvgIpc) is 3.38. The molecular formula is C32H49N5O. The Hall–Kier alpha value is -2.38. The zero-order chi connectivity index (χ0) is 26.6. The summed E-state index contributed by atoms with van der Waals surface area (Å²) in [7, 11) is 3.90. The molecule has 5 rings (SSSR count). The van der Waals surface area contributed by atoms with E-state index in [9.17, 15) is 0 Å². The largest absolute Gasteiger partial charge is 0.496 e. The molecule has 2 aliphatic heterocycles. The lowest BCUT2D eigenvalue weighted by molar-refractivity contribution is 0.0939. The number of piperidine rings is 2. The highest BCUT2D eigenvalue weighted by Crippen LogP contribution is 2.22. The fraction of sp³-hybridized carbons (Fsp3) is 0.562. The molecule has 3 N–H and O–H groups in total. The normalized spacial score (nSPS) is 17.5. The Morgan fingerprint density at radius 2 is 1.68 bits per heavy atom. The number of nitrogens with one attached hydrogen (secondary N) is 1. The molecule has 2 aliphatic rings. The number of benzene rings is 2. The van der Waals surface area contributed by atoms with Gasteiger partial charge in [-0.2, -0.15) is 0 Å². The van der Waals surface area contributed by atoms with Crippen molar-refractivity contribution >= 4 is 10.9 Å². The first-order valence-corrected chi connectivity index (χ1v) is 14.7. The van der Waals surface area contributed by atoms with Crippen molar-refractivity contribution in [2.24, 2.45) is 5.73 Å². The predicted octanol–water partition coefficient (Wildman–Crippen LogP) is 5.14. The van der Waals surface area contributed by atoms with Crippen molar-refractivity contribution in [1.82, 2.24) is 19.7 Å². The van der Waals surface area contributed by atoms with Gasteiger partial charge >= 0.3 is 0 Å². The number of aromatic amines is 1. The maximum atomic E-state index is 5.58. The maximum Gasteiger partial charge on any atom is 0.123 e. The van der Waals surface area contributed by atoms with Crippen LogP contribution in [0.4, 0.5) is 0 Å². The van der Waals surface area contributed by atoms with Gasteiger partial charge in [-0.1, -0.05) is 42.8 Å². The molecule has 38 heavy (non-hydrogen) atoms. The molecule has 1 aromatic heterocycles. The number of aromatic nitrogens is 1. The number of nitrogens with two attached hydrogens (primary N) is 1. The fourth-order valence-electron chi connectivity index (χ4n) is 6.06. The number of likely N-dealkylation sites (tertiary alicyclic amines) is 2. The van der Waals surface area contributed by atoms with E-state index >= 15 is 0 Å². The highest BCUT2D eigenvalue weighted by atomic mass is 16.5. The van der Waals surface area contributed by atoms with E-state index < -0.39 is 0 Å². The van der Waals surface area contributed by atoms with Gasteiger partial charge in [-0.3, -0.25) is 0 Å². The van der Waals surface area contributed by atoms with E-state index in [1.165, 1.54) is 80.3 Å². The third-order valence-electron chi connectivity index (χ3n) is 8.20. The van der Waals surface area contributed by atoms with Gasteiger partial charge in [-0.05, 0) is 96.0 Å². The lowest BCUT2D eigenvalue weighted by atomic mass is 10.00. The lowest BCUT2D eigenvalue weighted by Crippen LogP contribution is -2.47. The summed E-state index contributed by atoms with van der Waals surface area (Å²) >= 11 is 0. The van der Waals surface area contributed by atoms with Crippen LogP contribution in [0.2, 0.25) is 0 Å². The van der Waals surface area contributed by atoms with Crippen molar-refractivity contribution in [2.45, 2.75) is 57.5 Å². The summed E-state index contributed by atoms with van der Waals surface area (Å²) in [4.78, 5) is 10.9. The van der Waals surface area contributed by atoms with E-state index in [1.807, 2.05) is 12.1 Å². The number of para-hydroxylation sites is 2. The maximum absolute atomic E-state index is 5.58. The van der Waals surface area contributed by atoms with E-state index in [0.29, 0.717) is 0 Å². The molecule has 0 spiro atoms. The molecule has 3 aromatic rings. The molecule has 208 valence electrons. The third-order valence-corrected chi connectivity index (χ3v) is 8.20. The van der Waals surface area contributed by atoms with Crippen LogP contribution in [0.1, 0.15) is 49.7 Å². The molecule has 3 heterocycles. The summed E-state index contributed by atoms with van der Waals surface area (Å²) in [6.07, 6.45) is 11.4. The molecule has 0 amide bonds. The van der Waals surface area contributed by atoms with Crippen molar-refractivity contribution in [3.05, 3.63) is 65.9 Å². The molecule has 0 saturated carbocycles. The van der Waals surface area contributed by atoms with Gasteiger partial charge in [0.25, 0.3) is 0 Å². The summed E-state index contributed by atoms with van der Waals surface area (Å²) in [5, 5.41) is 1.35. The first-order valence-electron chi connectivity index (χ1n) is 14.7. The van der Waals surface area contributed by atoms with Crippen LogP contribution in [-0.2, 0) is 13.0 Å². The van der Waals surface area contributed by atoms with Crippen LogP contribution in [0.5, 0.6) is 5.75 Å². The molecule has 0 atom stereocenters. The molecule has 6 heteroatoms. The van der Waals surface area contributed by atoms with Crippen molar-refractivity contribution in [1.29, 1.82) is 0 Å². The van der Waals surface area contributed by atoms with Gasteiger partial charge in [0.2, 0.25) is 0 Å². The van der Waals surface area contributed by atoms with Crippen molar-refractivity contribution in [2.75, 3.05) is 60.0 Å². The van der Waals surface area contributed by atoms with Crippen LogP contribution in [0.25, 0.3) is 10.9 Å². The summed E-state index contributed by atoms with van der Waals surface area (Å²) in [5.41, 5.74) is 9.46. The second-order valence-electron chi connectivity index (χ2n) is 11.0. The number of hydrogen-bond donors (Lipinski definition) is 2. The second-order valence-corrected chi connectivity index (χ2v) is 11.0. The lowest BCUT2D eigenvalue weighted by Gasteiger charge is -2.40. The van der Waals surface area contributed by atoms with Crippen molar-refractivity contribution in [3.63, 3.8) is 0 Å². The van der Waals surface area contributed by atoms with E-state index in [4.69, 9.17) is 10.5 Å². The molecular weight excluding hydrogens is 470 g/mol. The summed E-state index contributed by atoms with van der Waals surface area (Å²) in [6, 6.07) is 17.6. The fourth-order valence-corrected chi connectivity index (χ4v) is 6.06. The van der Waals surface area contributed by atoms with Gasteiger partial charge in [0, 0.05) is 48.3 Å². The standard InChI is InChI=1S/C20H24N2O.C12H25N3/c1-22(15-17-8-3-6-12-20(17)23-2)13-7-9-16-14-21-19-11-5-4-10-18(16)19;13-6-11-14-9-4-12(5-10-14)15-7-2-1-3-8-15/h3-6,8,10-12,14,21H,7,9,13,15H2,1-2H3;12H,1-11,13H2. The Kier molecular flexibility index (Phi) is 11.5. The smallest absolute Gasteiger partial charge is 0.123 e. The molecule has 2 aromatic carbocycles. The van der Waals surface area contributed by atoms with Crippen LogP contribution >= 0.6 is 0 Å². The number of H-pyrrole nitrogens is 1. The first kappa shape index (κ1) is 28.6. The Labute approximate surface area is 230 Å². The number of fused-ring (bicyclic) bond motifs is 1. The molecule has 2 saturated heterocycles. The first-order chi connectivity index (χ1) is 18.7. The summed E-state index contributed by atoms with van der Waals surface area (Å²) in [5.74, 6) is 0.968. The summed E-state index contributed by atoms with van der Waals surface area (Å²) in [6.45, 7) is 9.11. The zero-order valence-corrected chi connectivity index (χ0v) is 23.7. The number of aryl methyl sites for hydroxylation is 1. The van der Waals surface area contributed by atoms with Crippen LogP contribution in [0.3, 0.4) is 0 Å². The highest BCUT2D eigenvalue weighted by Gasteiger charge is 2.24. The number of rotatable bonds is 10. The second kappa shape index (κ2) is 15.3. The molecule has 0 radical (unpaired) electrons. The third kappa shape index (κ3) is 8.31. The Balaban J connectivity index is 0.000000194. The van der Waals surface area contributed by atoms with Crippen molar-refractivity contribution < 1.29 is 4.74 Å². The number of hydrogen-bond acceptors (Lipinski definition) is 5. The number of nitrogens with zero attached hydrogens (tertiary/aromatic N) is 3. The zero-order valence-electron chi connectivity index (χ0n) is 23.7. The molecule has 0 aliphatic carbocycles. The van der Waals surface area contributed by atoms with Gasteiger partial charge in [0.05, 0.1) is 7.11 Å². The Morgan fingerprint density at radius 3 is 2.45 bits per heavy atom.